The summed E-state index contributed by atoms with van der Waals surface area (Å²) in [5, 5.41) is 9.89. The quantitative estimate of drug-likeness (QED) is 0.828. The zero-order valence-electron chi connectivity index (χ0n) is 15.3. The number of hydrogen-bond acceptors (Lipinski definition) is 4. The number of aliphatic hydroxyl groups excluding tert-OH is 1. The van der Waals surface area contributed by atoms with Crippen LogP contribution in [0.15, 0.2) is 59.5 Å². The summed E-state index contributed by atoms with van der Waals surface area (Å²) in [7, 11) is -3.60. The highest BCUT2D eigenvalue weighted by atomic mass is 32.2. The van der Waals surface area contributed by atoms with E-state index < -0.39 is 10.0 Å². The molecule has 0 bridgehead atoms. The number of aliphatic hydroxyl groups is 1. The van der Waals surface area contributed by atoms with E-state index in [1.165, 1.54) is 11.1 Å². The summed E-state index contributed by atoms with van der Waals surface area (Å²) >= 11 is 0. The summed E-state index contributed by atoms with van der Waals surface area (Å²) in [6, 6.07) is 16.5. The molecular formula is C21H26N2O3S. The molecule has 27 heavy (non-hydrogen) atoms. The van der Waals surface area contributed by atoms with Crippen molar-refractivity contribution >= 4 is 10.0 Å². The van der Waals surface area contributed by atoms with E-state index in [0.29, 0.717) is 6.42 Å². The number of fused-ring (bicyclic) bond motifs is 1. The first kappa shape index (κ1) is 18.6. The van der Waals surface area contributed by atoms with E-state index in [1.807, 2.05) is 18.2 Å². The maximum absolute atomic E-state index is 12.9. The third-order valence-electron chi connectivity index (χ3n) is 5.80. The van der Waals surface area contributed by atoms with E-state index in [2.05, 4.69) is 21.8 Å². The number of benzene rings is 2. The number of nitrogens with one attached hydrogen (secondary N) is 1. The molecular weight excluding hydrogens is 360 g/mol. The van der Waals surface area contributed by atoms with E-state index in [-0.39, 0.29) is 29.6 Å². The van der Waals surface area contributed by atoms with Gasteiger partial charge in [0, 0.05) is 12.1 Å². The molecule has 0 unspecified atom stereocenters. The molecule has 1 aliphatic heterocycles. The van der Waals surface area contributed by atoms with Gasteiger partial charge in [-0.05, 0) is 49.1 Å². The lowest BCUT2D eigenvalue weighted by Crippen LogP contribution is -2.50. The summed E-state index contributed by atoms with van der Waals surface area (Å²) in [5.41, 5.74) is 2.36. The molecule has 2 aliphatic rings. The van der Waals surface area contributed by atoms with Crippen LogP contribution in [0, 0.1) is 0 Å². The van der Waals surface area contributed by atoms with Gasteiger partial charge in [0.15, 0.2) is 0 Å². The van der Waals surface area contributed by atoms with Crippen LogP contribution in [-0.4, -0.2) is 43.7 Å². The molecule has 1 fully saturated rings. The molecule has 0 spiro atoms. The number of rotatable bonds is 5. The van der Waals surface area contributed by atoms with Gasteiger partial charge in [-0.15, -0.1) is 0 Å². The average Bonchev–Trinajstić information content (AvgIpc) is 3.05. The minimum atomic E-state index is -3.60. The second-order valence-corrected chi connectivity index (χ2v) is 9.17. The highest BCUT2D eigenvalue weighted by Crippen LogP contribution is 2.39. The summed E-state index contributed by atoms with van der Waals surface area (Å²) in [6.45, 7) is 0.991. The highest BCUT2D eigenvalue weighted by molar-refractivity contribution is 7.89. The number of piperidine rings is 1. The fourth-order valence-electron chi connectivity index (χ4n) is 4.54. The number of likely N-dealkylation sites (tertiary alicyclic amines) is 1. The van der Waals surface area contributed by atoms with Crippen LogP contribution >= 0.6 is 0 Å². The second kappa shape index (κ2) is 7.72. The zero-order chi connectivity index (χ0) is 18.9. The molecule has 0 saturated carbocycles. The van der Waals surface area contributed by atoms with Gasteiger partial charge < -0.3 is 5.11 Å². The molecule has 2 aromatic rings. The Morgan fingerprint density at radius 1 is 1.04 bits per heavy atom. The Kier molecular flexibility index (Phi) is 5.32. The van der Waals surface area contributed by atoms with Crippen molar-refractivity contribution in [2.24, 2.45) is 0 Å². The van der Waals surface area contributed by atoms with E-state index in [9.17, 15) is 13.5 Å². The van der Waals surface area contributed by atoms with Crippen molar-refractivity contribution in [3.63, 3.8) is 0 Å². The van der Waals surface area contributed by atoms with Crippen LogP contribution in [0.2, 0.25) is 0 Å². The second-order valence-electron chi connectivity index (χ2n) is 7.46. The van der Waals surface area contributed by atoms with Crippen LogP contribution in [0.3, 0.4) is 0 Å². The van der Waals surface area contributed by atoms with Gasteiger partial charge in [0.25, 0.3) is 0 Å². The minimum absolute atomic E-state index is 0.0443. The standard InChI is InChI=1S/C21H26N2O3S/c24-15-17-9-6-7-13-23(17)21-19-12-5-4-8-16(19)14-20(21)22-27(25,26)18-10-2-1-3-11-18/h1-5,8,10-12,17,20-22,24H,6-7,9,13-15H2/t17-,20+,21+/m1/s1. The summed E-state index contributed by atoms with van der Waals surface area (Å²) in [5.74, 6) is 0. The molecule has 6 heteroatoms. The molecule has 1 heterocycles. The third kappa shape index (κ3) is 3.67. The van der Waals surface area contributed by atoms with Crippen LogP contribution in [0.25, 0.3) is 0 Å². The Balaban J connectivity index is 1.67. The van der Waals surface area contributed by atoms with Crippen molar-refractivity contribution in [3.05, 3.63) is 65.7 Å². The topological polar surface area (TPSA) is 69.6 Å². The molecule has 0 radical (unpaired) electrons. The molecule has 1 aliphatic carbocycles. The SMILES string of the molecule is O=S(=O)(N[C@H]1Cc2ccccc2[C@@H]1N1CCCC[C@@H]1CO)c1ccccc1. The number of nitrogens with zero attached hydrogens (tertiary/aromatic N) is 1. The number of hydrogen-bond donors (Lipinski definition) is 2. The molecule has 2 aromatic carbocycles. The fraction of sp³-hybridized carbons (Fsp3) is 0.429. The van der Waals surface area contributed by atoms with Crippen LogP contribution in [0.4, 0.5) is 0 Å². The zero-order valence-corrected chi connectivity index (χ0v) is 16.1. The lowest BCUT2D eigenvalue weighted by atomic mass is 9.96. The fourth-order valence-corrected chi connectivity index (χ4v) is 5.80. The minimum Gasteiger partial charge on any atom is -0.395 e. The van der Waals surface area contributed by atoms with E-state index in [0.717, 1.165) is 25.8 Å². The highest BCUT2D eigenvalue weighted by Gasteiger charge is 2.41. The molecule has 3 atom stereocenters. The van der Waals surface area contributed by atoms with Gasteiger partial charge in [-0.3, -0.25) is 4.90 Å². The van der Waals surface area contributed by atoms with Crippen molar-refractivity contribution in [1.82, 2.24) is 9.62 Å². The van der Waals surface area contributed by atoms with Crippen LogP contribution in [-0.2, 0) is 16.4 Å². The van der Waals surface area contributed by atoms with Crippen LogP contribution in [0.5, 0.6) is 0 Å². The van der Waals surface area contributed by atoms with Gasteiger partial charge in [0.1, 0.15) is 0 Å². The lowest BCUT2D eigenvalue weighted by Gasteiger charge is -2.41. The van der Waals surface area contributed by atoms with Crippen molar-refractivity contribution in [1.29, 1.82) is 0 Å². The first-order valence-corrected chi connectivity index (χ1v) is 11.1. The van der Waals surface area contributed by atoms with E-state index in [1.54, 1.807) is 24.3 Å². The maximum atomic E-state index is 12.9. The lowest BCUT2D eigenvalue weighted by molar-refractivity contribution is 0.0446. The summed E-state index contributed by atoms with van der Waals surface area (Å²) < 4.78 is 28.8. The number of sulfonamides is 1. The first-order valence-electron chi connectivity index (χ1n) is 9.62. The molecule has 1 saturated heterocycles. The van der Waals surface area contributed by atoms with E-state index in [4.69, 9.17) is 0 Å². The molecule has 2 N–H and O–H groups in total. The van der Waals surface area contributed by atoms with Gasteiger partial charge in [-0.1, -0.05) is 48.9 Å². The van der Waals surface area contributed by atoms with Crippen LogP contribution < -0.4 is 4.72 Å². The smallest absolute Gasteiger partial charge is 0.240 e. The Morgan fingerprint density at radius 3 is 2.56 bits per heavy atom. The van der Waals surface area contributed by atoms with Crippen LogP contribution in [0.1, 0.15) is 36.4 Å². The Bertz CT molecular complexity index is 885. The maximum Gasteiger partial charge on any atom is 0.240 e. The van der Waals surface area contributed by atoms with Gasteiger partial charge in [0.2, 0.25) is 10.0 Å². The van der Waals surface area contributed by atoms with Crippen molar-refractivity contribution in [2.75, 3.05) is 13.2 Å². The Hall–Kier alpha value is -1.73. The van der Waals surface area contributed by atoms with Gasteiger partial charge in [0.05, 0.1) is 17.5 Å². The predicted octanol–water partition coefficient (Wildman–Crippen LogP) is 2.48. The molecule has 5 nitrogen and oxygen atoms in total. The Morgan fingerprint density at radius 2 is 1.78 bits per heavy atom. The molecule has 4 rings (SSSR count). The predicted molar refractivity (Wildman–Crippen MR) is 105 cm³/mol. The third-order valence-corrected chi connectivity index (χ3v) is 7.30. The molecule has 144 valence electrons. The molecule has 0 amide bonds. The van der Waals surface area contributed by atoms with Gasteiger partial charge >= 0.3 is 0 Å². The van der Waals surface area contributed by atoms with Crippen molar-refractivity contribution < 1.29 is 13.5 Å². The average molecular weight is 387 g/mol. The normalized spacial score (nSPS) is 26.0. The monoisotopic (exact) mass is 386 g/mol. The van der Waals surface area contributed by atoms with E-state index >= 15 is 0 Å². The first-order chi connectivity index (χ1) is 13.1. The molecule has 0 aromatic heterocycles. The van der Waals surface area contributed by atoms with Gasteiger partial charge in [-0.2, -0.15) is 0 Å². The van der Waals surface area contributed by atoms with Gasteiger partial charge in [-0.25, -0.2) is 13.1 Å². The van der Waals surface area contributed by atoms with Crippen molar-refractivity contribution in [3.8, 4) is 0 Å². The summed E-state index contributed by atoms with van der Waals surface area (Å²) in [4.78, 5) is 2.60. The Labute approximate surface area is 161 Å². The largest absolute Gasteiger partial charge is 0.395 e. The summed E-state index contributed by atoms with van der Waals surface area (Å²) in [6.07, 6.45) is 3.80. The van der Waals surface area contributed by atoms with Crippen molar-refractivity contribution in [2.45, 2.75) is 48.7 Å².